The zero-order valence-electron chi connectivity index (χ0n) is 10.5. The van der Waals surface area contributed by atoms with Gasteiger partial charge >= 0.3 is 0 Å². The molecule has 96 valence electrons. The van der Waals surface area contributed by atoms with Crippen molar-refractivity contribution in [1.82, 2.24) is 0 Å². The van der Waals surface area contributed by atoms with Crippen molar-refractivity contribution in [2.24, 2.45) is 0 Å². The summed E-state index contributed by atoms with van der Waals surface area (Å²) in [6.07, 6.45) is 0. The first-order chi connectivity index (χ1) is 9.65. The molecule has 0 saturated heterocycles. The third kappa shape index (κ3) is 3.63. The Kier molecular flexibility index (Phi) is 4.01. The molecule has 0 radical (unpaired) electrons. The van der Waals surface area contributed by atoms with Crippen LogP contribution in [-0.2, 0) is 0 Å². The SMILES string of the molecule is Nc1cccc(C#CC#Cc2cccc([N+](=O)[O-])c2)c1. The molecule has 20 heavy (non-hydrogen) atoms. The minimum Gasteiger partial charge on any atom is -0.399 e. The number of non-ortho nitro benzene ring substituents is 1. The van der Waals surface area contributed by atoms with Crippen LogP contribution in [0, 0.1) is 33.8 Å². The molecule has 0 aromatic heterocycles. The van der Waals surface area contributed by atoms with E-state index in [-0.39, 0.29) is 5.69 Å². The first kappa shape index (κ1) is 13.2. The largest absolute Gasteiger partial charge is 0.399 e. The minimum absolute atomic E-state index is 0.0144. The van der Waals surface area contributed by atoms with Gasteiger partial charge in [-0.15, -0.1) is 0 Å². The van der Waals surface area contributed by atoms with E-state index in [1.807, 2.05) is 12.1 Å². The second-order valence-corrected chi connectivity index (χ2v) is 3.93. The van der Waals surface area contributed by atoms with Gasteiger partial charge in [0.15, 0.2) is 0 Å². The number of nitro groups is 1. The number of anilines is 1. The number of hydrogen-bond acceptors (Lipinski definition) is 3. The molecule has 0 spiro atoms. The van der Waals surface area contributed by atoms with E-state index in [2.05, 4.69) is 23.7 Å². The fourth-order valence-corrected chi connectivity index (χ4v) is 1.52. The van der Waals surface area contributed by atoms with Crippen LogP contribution in [0.1, 0.15) is 11.1 Å². The number of benzene rings is 2. The summed E-state index contributed by atoms with van der Waals surface area (Å²) in [5.74, 6) is 11.0. The van der Waals surface area contributed by atoms with Crippen LogP contribution in [0.4, 0.5) is 11.4 Å². The van der Waals surface area contributed by atoms with E-state index in [0.717, 1.165) is 5.56 Å². The van der Waals surface area contributed by atoms with Crippen LogP contribution in [0.3, 0.4) is 0 Å². The van der Waals surface area contributed by atoms with Crippen molar-refractivity contribution >= 4 is 11.4 Å². The molecule has 0 heterocycles. The van der Waals surface area contributed by atoms with Gasteiger partial charge in [-0.3, -0.25) is 10.1 Å². The third-order valence-electron chi connectivity index (χ3n) is 2.42. The van der Waals surface area contributed by atoms with Crippen molar-refractivity contribution in [2.45, 2.75) is 0 Å². The van der Waals surface area contributed by atoms with Crippen molar-refractivity contribution in [2.75, 3.05) is 5.73 Å². The Morgan fingerprint density at radius 3 is 2.15 bits per heavy atom. The molecule has 4 heteroatoms. The molecule has 0 aliphatic heterocycles. The zero-order valence-corrected chi connectivity index (χ0v) is 10.5. The average molecular weight is 262 g/mol. The van der Waals surface area contributed by atoms with Crippen molar-refractivity contribution in [3.8, 4) is 23.7 Å². The molecule has 0 atom stereocenters. The van der Waals surface area contributed by atoms with Crippen LogP contribution in [0.25, 0.3) is 0 Å². The van der Waals surface area contributed by atoms with Gasteiger partial charge in [-0.2, -0.15) is 0 Å². The van der Waals surface area contributed by atoms with Gasteiger partial charge in [0.2, 0.25) is 0 Å². The molecule has 0 aliphatic rings. The zero-order chi connectivity index (χ0) is 14.4. The Balaban J connectivity index is 2.16. The second-order valence-electron chi connectivity index (χ2n) is 3.93. The van der Waals surface area contributed by atoms with E-state index in [0.29, 0.717) is 11.3 Å². The molecule has 0 unspecified atom stereocenters. The van der Waals surface area contributed by atoms with E-state index in [9.17, 15) is 10.1 Å². The first-order valence-corrected chi connectivity index (χ1v) is 5.77. The Labute approximate surface area is 116 Å². The molecule has 2 N–H and O–H groups in total. The fraction of sp³-hybridized carbons (Fsp3) is 0. The molecular formula is C16H10N2O2. The lowest BCUT2D eigenvalue weighted by Gasteiger charge is -1.91. The van der Waals surface area contributed by atoms with Crippen molar-refractivity contribution in [1.29, 1.82) is 0 Å². The van der Waals surface area contributed by atoms with Gasteiger partial charge in [0.05, 0.1) is 4.92 Å². The number of nitro benzene ring substituents is 1. The predicted molar refractivity (Wildman–Crippen MR) is 77.7 cm³/mol. The van der Waals surface area contributed by atoms with E-state index >= 15 is 0 Å². The molecule has 0 fully saturated rings. The maximum atomic E-state index is 10.6. The fourth-order valence-electron chi connectivity index (χ4n) is 1.52. The monoisotopic (exact) mass is 262 g/mol. The standard InChI is InChI=1S/C16H10N2O2/c17-15-9-3-7-13(11-15)5-1-2-6-14-8-4-10-16(12-14)18(19)20/h3-4,7-12H,17H2. The van der Waals surface area contributed by atoms with Gasteiger partial charge in [0.1, 0.15) is 0 Å². The molecule has 0 amide bonds. The lowest BCUT2D eigenvalue weighted by molar-refractivity contribution is -0.384. The van der Waals surface area contributed by atoms with Crippen LogP contribution < -0.4 is 5.73 Å². The lowest BCUT2D eigenvalue weighted by atomic mass is 10.2. The highest BCUT2D eigenvalue weighted by Gasteiger charge is 2.03. The highest BCUT2D eigenvalue weighted by atomic mass is 16.6. The van der Waals surface area contributed by atoms with Crippen LogP contribution in [0.2, 0.25) is 0 Å². The van der Waals surface area contributed by atoms with Crippen LogP contribution in [0.15, 0.2) is 48.5 Å². The summed E-state index contributed by atoms with van der Waals surface area (Å²) in [4.78, 5) is 10.2. The molecule has 2 aromatic rings. The van der Waals surface area contributed by atoms with Crippen LogP contribution in [0.5, 0.6) is 0 Å². The van der Waals surface area contributed by atoms with Gasteiger partial charge in [-0.1, -0.05) is 24.0 Å². The summed E-state index contributed by atoms with van der Waals surface area (Å²) in [5.41, 5.74) is 7.62. The van der Waals surface area contributed by atoms with E-state index in [1.165, 1.54) is 12.1 Å². The summed E-state index contributed by atoms with van der Waals surface area (Å²) < 4.78 is 0. The van der Waals surface area contributed by atoms with E-state index < -0.39 is 4.92 Å². The first-order valence-electron chi connectivity index (χ1n) is 5.77. The maximum Gasteiger partial charge on any atom is 0.270 e. The summed E-state index contributed by atoms with van der Waals surface area (Å²) >= 11 is 0. The predicted octanol–water partition coefficient (Wildman–Crippen LogP) is 2.58. The van der Waals surface area contributed by atoms with Crippen molar-refractivity contribution < 1.29 is 4.92 Å². The summed E-state index contributed by atoms with van der Waals surface area (Å²) in [6, 6.07) is 13.3. The second kappa shape index (κ2) is 6.08. The molecule has 2 rings (SSSR count). The average Bonchev–Trinajstić information content (AvgIpc) is 2.44. The molecule has 2 aromatic carbocycles. The van der Waals surface area contributed by atoms with Crippen molar-refractivity contribution in [3.05, 3.63) is 69.8 Å². The van der Waals surface area contributed by atoms with E-state index in [1.54, 1.807) is 24.3 Å². The maximum absolute atomic E-state index is 10.6. The van der Waals surface area contributed by atoms with Gasteiger partial charge in [-0.05, 0) is 36.1 Å². The number of rotatable bonds is 1. The van der Waals surface area contributed by atoms with Gasteiger partial charge in [-0.25, -0.2) is 0 Å². The Morgan fingerprint density at radius 1 is 0.950 bits per heavy atom. The highest BCUT2D eigenvalue weighted by molar-refractivity contribution is 5.50. The normalized spacial score (nSPS) is 8.80. The highest BCUT2D eigenvalue weighted by Crippen LogP contribution is 2.11. The van der Waals surface area contributed by atoms with Gasteiger partial charge < -0.3 is 5.73 Å². The minimum atomic E-state index is -0.455. The molecule has 0 saturated carbocycles. The number of nitrogens with two attached hydrogens (primary N) is 1. The Hall–Kier alpha value is -3.24. The van der Waals surface area contributed by atoms with Gasteiger partial charge in [0, 0.05) is 28.9 Å². The topological polar surface area (TPSA) is 69.2 Å². The number of nitrogen functional groups attached to an aromatic ring is 1. The third-order valence-corrected chi connectivity index (χ3v) is 2.42. The van der Waals surface area contributed by atoms with E-state index in [4.69, 9.17) is 5.73 Å². The Morgan fingerprint density at radius 2 is 1.55 bits per heavy atom. The summed E-state index contributed by atoms with van der Waals surface area (Å²) in [5, 5.41) is 10.6. The number of nitrogens with zero attached hydrogens (tertiary/aromatic N) is 1. The Bertz CT molecular complexity index is 774. The summed E-state index contributed by atoms with van der Waals surface area (Å²) in [6.45, 7) is 0. The molecule has 0 bridgehead atoms. The quantitative estimate of drug-likeness (QED) is 0.371. The van der Waals surface area contributed by atoms with Gasteiger partial charge in [0.25, 0.3) is 5.69 Å². The molecule has 0 aliphatic carbocycles. The van der Waals surface area contributed by atoms with Crippen LogP contribution in [-0.4, -0.2) is 4.92 Å². The smallest absolute Gasteiger partial charge is 0.270 e. The molecule has 4 nitrogen and oxygen atoms in total. The number of hydrogen-bond donors (Lipinski definition) is 1. The van der Waals surface area contributed by atoms with Crippen LogP contribution >= 0.6 is 0 Å². The van der Waals surface area contributed by atoms with Crippen molar-refractivity contribution in [3.63, 3.8) is 0 Å². The summed E-state index contributed by atoms with van der Waals surface area (Å²) in [7, 11) is 0. The molecular weight excluding hydrogens is 252 g/mol. The lowest BCUT2D eigenvalue weighted by Crippen LogP contribution is -1.87.